The lowest BCUT2D eigenvalue weighted by molar-refractivity contribution is -0.123. The summed E-state index contributed by atoms with van der Waals surface area (Å²) in [6.07, 6.45) is 1.29. The summed E-state index contributed by atoms with van der Waals surface area (Å²) in [6, 6.07) is 11.0. The quantitative estimate of drug-likeness (QED) is 0.385. The van der Waals surface area contributed by atoms with Gasteiger partial charge in [-0.2, -0.15) is 5.10 Å². The number of benzene rings is 2. The number of ether oxygens (including phenoxy) is 2. The van der Waals surface area contributed by atoms with E-state index in [4.69, 9.17) is 13.9 Å². The summed E-state index contributed by atoms with van der Waals surface area (Å²) in [4.78, 5) is 23.3. The van der Waals surface area contributed by atoms with Crippen molar-refractivity contribution >= 4 is 23.1 Å². The zero-order valence-electron chi connectivity index (χ0n) is 15.3. The van der Waals surface area contributed by atoms with Crippen LogP contribution in [0.25, 0.3) is 11.0 Å². The standard InChI is InChI=1S/C20H18N2O6/c1-12-7-20(25)28-18-9-15(3-5-16(12)18)27-11-19(24)22-21-10-13-8-14(26-2)4-6-17(13)23/h3-10,23H,11H2,1-2H3,(H,22,24)/b21-10+. The summed E-state index contributed by atoms with van der Waals surface area (Å²) < 4.78 is 15.6. The van der Waals surface area contributed by atoms with Crippen LogP contribution in [0.4, 0.5) is 0 Å². The molecule has 0 radical (unpaired) electrons. The van der Waals surface area contributed by atoms with E-state index in [1.54, 1.807) is 30.3 Å². The normalized spacial score (nSPS) is 10.9. The van der Waals surface area contributed by atoms with Gasteiger partial charge < -0.3 is 19.0 Å². The Morgan fingerprint density at radius 1 is 1.21 bits per heavy atom. The maximum atomic E-state index is 11.9. The monoisotopic (exact) mass is 382 g/mol. The number of fused-ring (bicyclic) bond motifs is 1. The van der Waals surface area contributed by atoms with Gasteiger partial charge in [-0.25, -0.2) is 10.2 Å². The predicted molar refractivity (Wildman–Crippen MR) is 103 cm³/mol. The first-order valence-electron chi connectivity index (χ1n) is 8.32. The van der Waals surface area contributed by atoms with Crippen LogP contribution in [0.2, 0.25) is 0 Å². The minimum Gasteiger partial charge on any atom is -0.507 e. The molecule has 1 amide bonds. The number of nitrogens with zero attached hydrogens (tertiary/aromatic N) is 1. The van der Waals surface area contributed by atoms with Crippen molar-refractivity contribution in [3.63, 3.8) is 0 Å². The lowest BCUT2D eigenvalue weighted by Gasteiger charge is -2.07. The fourth-order valence-corrected chi connectivity index (χ4v) is 2.51. The number of nitrogens with one attached hydrogen (secondary N) is 1. The smallest absolute Gasteiger partial charge is 0.336 e. The number of hydrogen-bond acceptors (Lipinski definition) is 7. The van der Waals surface area contributed by atoms with Crippen molar-refractivity contribution in [2.75, 3.05) is 13.7 Å². The van der Waals surface area contributed by atoms with Crippen LogP contribution in [-0.4, -0.2) is 30.9 Å². The average molecular weight is 382 g/mol. The Hall–Kier alpha value is -3.81. The van der Waals surface area contributed by atoms with Crippen molar-refractivity contribution in [1.29, 1.82) is 0 Å². The molecule has 0 spiro atoms. The second kappa shape index (κ2) is 8.26. The van der Waals surface area contributed by atoms with E-state index in [0.717, 1.165) is 10.9 Å². The Kier molecular flexibility index (Phi) is 5.59. The van der Waals surface area contributed by atoms with Gasteiger partial charge in [-0.3, -0.25) is 4.79 Å². The fraction of sp³-hybridized carbons (Fsp3) is 0.150. The van der Waals surface area contributed by atoms with Crippen LogP contribution < -0.4 is 20.5 Å². The maximum Gasteiger partial charge on any atom is 0.336 e. The number of rotatable bonds is 6. The van der Waals surface area contributed by atoms with Crippen LogP contribution >= 0.6 is 0 Å². The first-order chi connectivity index (χ1) is 13.5. The molecule has 0 unspecified atom stereocenters. The van der Waals surface area contributed by atoms with E-state index in [0.29, 0.717) is 22.6 Å². The maximum absolute atomic E-state index is 11.9. The van der Waals surface area contributed by atoms with E-state index in [-0.39, 0.29) is 12.4 Å². The third-order valence-electron chi connectivity index (χ3n) is 3.92. The number of aryl methyl sites for hydroxylation is 1. The van der Waals surface area contributed by atoms with Gasteiger partial charge in [-0.05, 0) is 42.8 Å². The molecule has 1 aromatic heterocycles. The van der Waals surface area contributed by atoms with Gasteiger partial charge in [0.2, 0.25) is 0 Å². The Balaban J connectivity index is 1.60. The number of methoxy groups -OCH3 is 1. The summed E-state index contributed by atoms with van der Waals surface area (Å²) >= 11 is 0. The molecule has 3 rings (SSSR count). The van der Waals surface area contributed by atoms with Crippen LogP contribution in [0.5, 0.6) is 17.2 Å². The number of hydrazone groups is 1. The van der Waals surface area contributed by atoms with Crippen LogP contribution in [0, 0.1) is 6.92 Å². The molecule has 3 aromatic rings. The van der Waals surface area contributed by atoms with Gasteiger partial charge >= 0.3 is 5.63 Å². The molecule has 0 saturated carbocycles. The van der Waals surface area contributed by atoms with E-state index in [1.165, 1.54) is 25.5 Å². The van der Waals surface area contributed by atoms with Gasteiger partial charge in [0.15, 0.2) is 6.61 Å². The summed E-state index contributed by atoms with van der Waals surface area (Å²) in [7, 11) is 1.51. The van der Waals surface area contributed by atoms with Crippen molar-refractivity contribution in [3.05, 3.63) is 64.0 Å². The summed E-state index contributed by atoms with van der Waals surface area (Å²) in [6.45, 7) is 1.52. The van der Waals surface area contributed by atoms with Crippen LogP contribution in [0.1, 0.15) is 11.1 Å². The molecular formula is C20H18N2O6. The molecule has 0 aliphatic rings. The second-order valence-electron chi connectivity index (χ2n) is 5.91. The van der Waals surface area contributed by atoms with Crippen LogP contribution in [-0.2, 0) is 4.79 Å². The third kappa shape index (κ3) is 4.47. The van der Waals surface area contributed by atoms with E-state index in [1.807, 2.05) is 6.92 Å². The minimum atomic E-state index is -0.496. The highest BCUT2D eigenvalue weighted by Crippen LogP contribution is 2.22. The molecular weight excluding hydrogens is 364 g/mol. The van der Waals surface area contributed by atoms with E-state index in [2.05, 4.69) is 10.5 Å². The summed E-state index contributed by atoms with van der Waals surface area (Å²) in [5.41, 5.74) is 3.42. The molecule has 28 heavy (non-hydrogen) atoms. The van der Waals surface area contributed by atoms with Crippen molar-refractivity contribution in [3.8, 4) is 17.2 Å². The van der Waals surface area contributed by atoms with Gasteiger partial charge in [-0.15, -0.1) is 0 Å². The Bertz CT molecular complexity index is 1100. The molecule has 0 aliphatic carbocycles. The Morgan fingerprint density at radius 2 is 2.00 bits per heavy atom. The molecule has 0 fully saturated rings. The fourth-order valence-electron chi connectivity index (χ4n) is 2.51. The second-order valence-corrected chi connectivity index (χ2v) is 5.91. The zero-order chi connectivity index (χ0) is 20.1. The average Bonchev–Trinajstić information content (AvgIpc) is 2.67. The number of hydrogen-bond donors (Lipinski definition) is 2. The first-order valence-corrected chi connectivity index (χ1v) is 8.32. The number of carbonyl (C=O) groups is 1. The molecule has 2 aromatic carbocycles. The van der Waals surface area contributed by atoms with E-state index >= 15 is 0 Å². The highest BCUT2D eigenvalue weighted by Gasteiger charge is 2.06. The van der Waals surface area contributed by atoms with Gasteiger partial charge in [0.05, 0.1) is 13.3 Å². The molecule has 0 saturated heterocycles. The lowest BCUT2D eigenvalue weighted by atomic mass is 10.1. The number of carbonyl (C=O) groups excluding carboxylic acids is 1. The highest BCUT2D eigenvalue weighted by atomic mass is 16.5. The molecule has 144 valence electrons. The molecule has 8 heteroatoms. The van der Waals surface area contributed by atoms with Gasteiger partial charge in [0.25, 0.3) is 5.91 Å². The number of amides is 1. The zero-order valence-corrected chi connectivity index (χ0v) is 15.3. The van der Waals surface area contributed by atoms with Crippen LogP contribution in [0.3, 0.4) is 0 Å². The molecule has 0 bridgehead atoms. The number of phenols is 1. The van der Waals surface area contributed by atoms with Crippen molar-refractivity contribution in [2.45, 2.75) is 6.92 Å². The van der Waals surface area contributed by atoms with Gasteiger partial charge in [0.1, 0.15) is 22.8 Å². The highest BCUT2D eigenvalue weighted by molar-refractivity contribution is 5.86. The lowest BCUT2D eigenvalue weighted by Crippen LogP contribution is -2.24. The Morgan fingerprint density at radius 3 is 2.79 bits per heavy atom. The van der Waals surface area contributed by atoms with Gasteiger partial charge in [0, 0.05) is 23.1 Å². The number of phenolic OH excluding ortho intramolecular Hbond substituents is 1. The topological polar surface area (TPSA) is 110 Å². The Labute approximate surface area is 160 Å². The SMILES string of the molecule is COc1ccc(O)c(/C=N/NC(=O)COc2ccc3c(C)cc(=O)oc3c2)c1. The predicted octanol–water partition coefficient (Wildman–Crippen LogP) is 2.34. The molecule has 0 aliphatic heterocycles. The third-order valence-corrected chi connectivity index (χ3v) is 3.92. The summed E-state index contributed by atoms with van der Waals surface area (Å²) in [5.74, 6) is 0.436. The molecule has 1 heterocycles. The van der Waals surface area contributed by atoms with Crippen molar-refractivity contribution < 1.29 is 23.8 Å². The van der Waals surface area contributed by atoms with Crippen molar-refractivity contribution in [1.82, 2.24) is 5.43 Å². The molecule has 0 atom stereocenters. The van der Waals surface area contributed by atoms with Crippen LogP contribution in [0.15, 0.2) is 56.8 Å². The first kappa shape index (κ1) is 19.0. The van der Waals surface area contributed by atoms with Crippen molar-refractivity contribution in [2.24, 2.45) is 5.10 Å². The largest absolute Gasteiger partial charge is 0.507 e. The minimum absolute atomic E-state index is 0.00278. The van der Waals surface area contributed by atoms with E-state index < -0.39 is 11.5 Å². The number of aromatic hydroxyl groups is 1. The summed E-state index contributed by atoms with van der Waals surface area (Å²) in [5, 5.41) is 14.3. The molecule has 2 N–H and O–H groups in total. The van der Waals surface area contributed by atoms with E-state index in [9.17, 15) is 14.7 Å². The molecule has 8 nitrogen and oxygen atoms in total. The van der Waals surface area contributed by atoms with Gasteiger partial charge in [-0.1, -0.05) is 0 Å².